The van der Waals surface area contributed by atoms with Gasteiger partial charge in [0.1, 0.15) is 0 Å². The monoisotopic (exact) mass is 380 g/mol. The minimum Gasteiger partial charge on any atom is -0.0842 e. The summed E-state index contributed by atoms with van der Waals surface area (Å²) < 4.78 is 0. The van der Waals surface area contributed by atoms with Gasteiger partial charge in [-0.05, 0) is 42.5 Å². The van der Waals surface area contributed by atoms with E-state index in [1.54, 1.807) is 0 Å². The van der Waals surface area contributed by atoms with Crippen molar-refractivity contribution in [3.8, 4) is 0 Å². The minimum atomic E-state index is 0.386. The lowest BCUT2D eigenvalue weighted by atomic mass is 9.94. The van der Waals surface area contributed by atoms with E-state index >= 15 is 0 Å². The maximum absolute atomic E-state index is 3.68. The lowest BCUT2D eigenvalue weighted by Crippen LogP contribution is -1.99. The van der Waals surface area contributed by atoms with Crippen molar-refractivity contribution >= 4 is 31.9 Å². The summed E-state index contributed by atoms with van der Waals surface area (Å²) >= 11 is 7.37. The molecule has 0 heterocycles. The molecule has 100 valence electrons. The third kappa shape index (κ3) is 3.70. The van der Waals surface area contributed by atoms with E-state index in [9.17, 15) is 0 Å². The van der Waals surface area contributed by atoms with Crippen LogP contribution in [0.5, 0.6) is 0 Å². The van der Waals surface area contributed by atoms with Crippen LogP contribution >= 0.6 is 31.9 Å². The number of alkyl halides is 2. The van der Waals surface area contributed by atoms with E-state index in [1.807, 2.05) is 0 Å². The molecule has 0 radical (unpaired) electrons. The summed E-state index contributed by atoms with van der Waals surface area (Å²) in [6, 6.07) is 17.3. The minimum absolute atomic E-state index is 0.386. The van der Waals surface area contributed by atoms with E-state index in [1.165, 1.54) is 22.3 Å². The molecule has 2 heteroatoms. The molecule has 2 rings (SSSR count). The molecule has 2 unspecified atom stereocenters. The maximum Gasteiger partial charge on any atom is 0.0369 e. The summed E-state index contributed by atoms with van der Waals surface area (Å²) in [5.41, 5.74) is 5.54. The summed E-state index contributed by atoms with van der Waals surface area (Å²) in [6.45, 7) is 4.36. The largest absolute Gasteiger partial charge is 0.0842 e. The first-order valence-electron chi connectivity index (χ1n) is 6.53. The van der Waals surface area contributed by atoms with Gasteiger partial charge in [-0.25, -0.2) is 0 Å². The van der Waals surface area contributed by atoms with Gasteiger partial charge in [0.25, 0.3) is 0 Å². The van der Waals surface area contributed by atoms with Gasteiger partial charge >= 0.3 is 0 Å². The van der Waals surface area contributed by atoms with E-state index in [-0.39, 0.29) is 0 Å². The van der Waals surface area contributed by atoms with Crippen molar-refractivity contribution in [3.05, 3.63) is 70.8 Å². The van der Waals surface area contributed by atoms with Gasteiger partial charge in [0, 0.05) is 9.65 Å². The van der Waals surface area contributed by atoms with Crippen LogP contribution in [-0.2, 0) is 6.42 Å². The van der Waals surface area contributed by atoms with E-state index < -0.39 is 0 Å². The van der Waals surface area contributed by atoms with Gasteiger partial charge in [-0.1, -0.05) is 80.4 Å². The van der Waals surface area contributed by atoms with E-state index in [0.29, 0.717) is 9.65 Å². The van der Waals surface area contributed by atoms with Crippen LogP contribution in [0.4, 0.5) is 0 Å². The van der Waals surface area contributed by atoms with Crippen molar-refractivity contribution in [1.29, 1.82) is 0 Å². The Kier molecular flexibility index (Phi) is 5.23. The third-order valence-corrected chi connectivity index (χ3v) is 4.33. The molecule has 0 amide bonds. The molecule has 0 fully saturated rings. The highest BCUT2D eigenvalue weighted by atomic mass is 79.9. The molecule has 0 aromatic heterocycles. The highest BCUT2D eigenvalue weighted by Crippen LogP contribution is 2.30. The fourth-order valence-corrected chi connectivity index (χ4v) is 3.26. The Morgan fingerprint density at radius 1 is 0.737 bits per heavy atom. The smallest absolute Gasteiger partial charge is 0.0369 e. The standard InChI is InChI=1S/C17H18Br2/c1-12(18)16-9-5-3-7-14(16)11-15-8-4-6-10-17(15)13(2)19/h3-10,12-13H,11H2,1-2H3. The van der Waals surface area contributed by atoms with Crippen LogP contribution in [0.2, 0.25) is 0 Å². The summed E-state index contributed by atoms with van der Waals surface area (Å²) in [5, 5.41) is 0. The van der Waals surface area contributed by atoms with Gasteiger partial charge in [-0.2, -0.15) is 0 Å². The molecule has 0 bridgehead atoms. The van der Waals surface area contributed by atoms with Gasteiger partial charge in [-0.3, -0.25) is 0 Å². The maximum atomic E-state index is 3.68. The third-order valence-electron chi connectivity index (χ3n) is 3.35. The molecule has 0 saturated heterocycles. The second kappa shape index (κ2) is 6.71. The topological polar surface area (TPSA) is 0 Å². The molecule has 0 aliphatic carbocycles. The first-order valence-corrected chi connectivity index (χ1v) is 8.36. The molecular formula is C17H18Br2. The molecule has 0 nitrogen and oxygen atoms in total. The number of halogens is 2. The van der Waals surface area contributed by atoms with Crippen LogP contribution in [0.3, 0.4) is 0 Å². The van der Waals surface area contributed by atoms with Crippen LogP contribution in [0, 0.1) is 0 Å². The van der Waals surface area contributed by atoms with Crippen molar-refractivity contribution in [1.82, 2.24) is 0 Å². The Labute approximate surface area is 132 Å². The van der Waals surface area contributed by atoms with E-state index in [0.717, 1.165) is 6.42 Å². The molecule has 2 atom stereocenters. The van der Waals surface area contributed by atoms with E-state index in [2.05, 4.69) is 94.2 Å². The van der Waals surface area contributed by atoms with Crippen LogP contribution in [0.15, 0.2) is 48.5 Å². The van der Waals surface area contributed by atoms with Gasteiger partial charge in [0.2, 0.25) is 0 Å². The second-order valence-electron chi connectivity index (χ2n) is 4.81. The zero-order chi connectivity index (χ0) is 13.8. The predicted molar refractivity (Wildman–Crippen MR) is 90.4 cm³/mol. The normalized spacial score (nSPS) is 14.1. The van der Waals surface area contributed by atoms with Crippen molar-refractivity contribution in [2.75, 3.05) is 0 Å². The van der Waals surface area contributed by atoms with Crippen LogP contribution in [0.25, 0.3) is 0 Å². The predicted octanol–water partition coefficient (Wildman–Crippen LogP) is 6.19. The average molecular weight is 382 g/mol. The SMILES string of the molecule is CC(Br)c1ccccc1Cc1ccccc1C(C)Br. The molecule has 19 heavy (non-hydrogen) atoms. The highest BCUT2D eigenvalue weighted by Gasteiger charge is 2.11. The zero-order valence-corrected chi connectivity index (χ0v) is 14.4. The lowest BCUT2D eigenvalue weighted by Gasteiger charge is -2.15. The van der Waals surface area contributed by atoms with Crippen LogP contribution < -0.4 is 0 Å². The summed E-state index contributed by atoms with van der Waals surface area (Å²) in [6.07, 6.45) is 0.984. The summed E-state index contributed by atoms with van der Waals surface area (Å²) in [4.78, 5) is 0.773. The molecule has 0 spiro atoms. The highest BCUT2D eigenvalue weighted by molar-refractivity contribution is 9.09. The number of benzene rings is 2. The van der Waals surface area contributed by atoms with Gasteiger partial charge in [0.15, 0.2) is 0 Å². The fraction of sp³-hybridized carbons (Fsp3) is 0.294. The lowest BCUT2D eigenvalue weighted by molar-refractivity contribution is 1.01. The van der Waals surface area contributed by atoms with Crippen molar-refractivity contribution < 1.29 is 0 Å². The average Bonchev–Trinajstić information content (AvgIpc) is 2.39. The second-order valence-corrected chi connectivity index (χ2v) is 7.55. The molecule has 2 aromatic rings. The number of hydrogen-bond donors (Lipinski definition) is 0. The van der Waals surface area contributed by atoms with Gasteiger partial charge in [-0.15, -0.1) is 0 Å². The molecule has 0 saturated carbocycles. The van der Waals surface area contributed by atoms with Crippen LogP contribution in [0.1, 0.15) is 45.8 Å². The Balaban J connectivity index is 2.37. The van der Waals surface area contributed by atoms with Gasteiger partial charge in [0.05, 0.1) is 0 Å². The molecule has 0 aliphatic heterocycles. The number of hydrogen-bond acceptors (Lipinski definition) is 0. The van der Waals surface area contributed by atoms with Crippen molar-refractivity contribution in [2.24, 2.45) is 0 Å². The Morgan fingerprint density at radius 2 is 1.11 bits per heavy atom. The van der Waals surface area contributed by atoms with E-state index in [4.69, 9.17) is 0 Å². The quantitative estimate of drug-likeness (QED) is 0.554. The van der Waals surface area contributed by atoms with Crippen LogP contribution in [-0.4, -0.2) is 0 Å². The Bertz CT molecular complexity index is 495. The Hall–Kier alpha value is -0.600. The molecule has 0 N–H and O–H groups in total. The van der Waals surface area contributed by atoms with Crippen molar-refractivity contribution in [2.45, 2.75) is 29.9 Å². The summed E-state index contributed by atoms with van der Waals surface area (Å²) in [5.74, 6) is 0. The first kappa shape index (κ1) is 14.8. The number of rotatable bonds is 4. The fourth-order valence-electron chi connectivity index (χ4n) is 2.37. The van der Waals surface area contributed by atoms with Gasteiger partial charge < -0.3 is 0 Å². The molecule has 2 aromatic carbocycles. The zero-order valence-electron chi connectivity index (χ0n) is 11.2. The summed E-state index contributed by atoms with van der Waals surface area (Å²) in [7, 11) is 0. The first-order chi connectivity index (χ1) is 9.09. The van der Waals surface area contributed by atoms with Crippen molar-refractivity contribution in [3.63, 3.8) is 0 Å². The Morgan fingerprint density at radius 3 is 1.47 bits per heavy atom. The molecule has 0 aliphatic rings. The molecular weight excluding hydrogens is 364 g/mol.